The minimum absolute atomic E-state index is 0.223. The van der Waals surface area contributed by atoms with Crippen LogP contribution in [0, 0.1) is 13.8 Å². The highest BCUT2D eigenvalue weighted by Gasteiger charge is 2.43. The van der Waals surface area contributed by atoms with Gasteiger partial charge in [0.1, 0.15) is 5.54 Å². The number of hydrogen-bond acceptors (Lipinski definition) is 6. The molecule has 0 atom stereocenters. The summed E-state index contributed by atoms with van der Waals surface area (Å²) in [6.45, 7) is 7.70. The summed E-state index contributed by atoms with van der Waals surface area (Å²) in [7, 11) is 0. The van der Waals surface area contributed by atoms with Crippen LogP contribution in [0.1, 0.15) is 25.0 Å². The fourth-order valence-corrected chi connectivity index (χ4v) is 3.41. The molecular weight excluding hydrogens is 340 g/mol. The van der Waals surface area contributed by atoms with Crippen LogP contribution in [0.5, 0.6) is 0 Å². The molecule has 2 heterocycles. The van der Waals surface area contributed by atoms with E-state index in [-0.39, 0.29) is 11.9 Å². The van der Waals surface area contributed by atoms with E-state index in [1.165, 1.54) is 16.7 Å². The van der Waals surface area contributed by atoms with Crippen molar-refractivity contribution in [2.75, 3.05) is 12.3 Å². The topological polar surface area (TPSA) is 88.3 Å². The Labute approximate surface area is 150 Å². The molecular formula is C17H20N4O3S. The number of aryl methyl sites for hydroxylation is 2. The highest BCUT2D eigenvalue weighted by atomic mass is 32.2. The first-order chi connectivity index (χ1) is 11.8. The number of imide groups is 1. The van der Waals surface area contributed by atoms with E-state index in [9.17, 15) is 9.59 Å². The summed E-state index contributed by atoms with van der Waals surface area (Å²) in [5.41, 5.74) is 2.29. The average molecular weight is 360 g/mol. The molecule has 0 saturated carbocycles. The normalized spacial score (nSPS) is 16.4. The molecule has 0 unspecified atom stereocenters. The zero-order valence-electron chi connectivity index (χ0n) is 14.6. The summed E-state index contributed by atoms with van der Waals surface area (Å²) in [5, 5.41) is 11.2. The van der Waals surface area contributed by atoms with Gasteiger partial charge in [-0.05, 0) is 39.8 Å². The predicted octanol–water partition coefficient (Wildman–Crippen LogP) is 2.78. The third-order valence-electron chi connectivity index (χ3n) is 3.86. The minimum atomic E-state index is -0.845. The van der Waals surface area contributed by atoms with Gasteiger partial charge in [0, 0.05) is 17.9 Å². The summed E-state index contributed by atoms with van der Waals surface area (Å²) in [4.78, 5) is 25.2. The van der Waals surface area contributed by atoms with Crippen LogP contribution in [0.25, 0.3) is 11.5 Å². The van der Waals surface area contributed by atoms with Crippen molar-refractivity contribution < 1.29 is 14.0 Å². The van der Waals surface area contributed by atoms with Crippen molar-refractivity contribution in [3.05, 3.63) is 29.3 Å². The molecule has 1 aliphatic heterocycles. The van der Waals surface area contributed by atoms with E-state index in [0.29, 0.717) is 23.4 Å². The van der Waals surface area contributed by atoms with Crippen molar-refractivity contribution in [2.45, 2.75) is 38.5 Å². The monoisotopic (exact) mass is 360 g/mol. The van der Waals surface area contributed by atoms with Gasteiger partial charge in [0.25, 0.3) is 11.1 Å². The third-order valence-corrected chi connectivity index (χ3v) is 4.66. The van der Waals surface area contributed by atoms with Crippen LogP contribution >= 0.6 is 11.8 Å². The fraction of sp³-hybridized carbons (Fsp3) is 0.412. The second-order valence-corrected chi connectivity index (χ2v) is 7.66. The first-order valence-electron chi connectivity index (χ1n) is 7.95. The maximum absolute atomic E-state index is 12.1. The molecule has 1 aromatic heterocycles. The number of benzene rings is 1. The average Bonchev–Trinajstić information content (AvgIpc) is 3.04. The van der Waals surface area contributed by atoms with E-state index in [4.69, 9.17) is 4.42 Å². The Bertz CT molecular complexity index is 811. The van der Waals surface area contributed by atoms with E-state index in [2.05, 4.69) is 21.6 Å². The Morgan fingerprint density at radius 3 is 2.44 bits per heavy atom. The van der Waals surface area contributed by atoms with Crippen LogP contribution in [0.2, 0.25) is 0 Å². The van der Waals surface area contributed by atoms with Gasteiger partial charge in [-0.1, -0.05) is 29.0 Å². The zero-order chi connectivity index (χ0) is 18.2. The van der Waals surface area contributed by atoms with Crippen LogP contribution in [0.15, 0.2) is 27.8 Å². The third kappa shape index (κ3) is 3.68. The molecule has 1 saturated heterocycles. The number of nitrogens with zero attached hydrogens (tertiary/aromatic N) is 3. The molecule has 7 nitrogen and oxygen atoms in total. The number of thioether (sulfide) groups is 1. The number of hydrogen-bond donors (Lipinski definition) is 1. The van der Waals surface area contributed by atoms with Gasteiger partial charge < -0.3 is 9.73 Å². The van der Waals surface area contributed by atoms with E-state index >= 15 is 0 Å². The fourth-order valence-electron chi connectivity index (χ4n) is 2.73. The number of urea groups is 1. The molecule has 2 aromatic rings. The largest absolute Gasteiger partial charge is 0.411 e. The second-order valence-electron chi connectivity index (χ2n) is 6.61. The van der Waals surface area contributed by atoms with Crippen molar-refractivity contribution in [1.82, 2.24) is 20.4 Å². The first-order valence-corrected chi connectivity index (χ1v) is 8.94. The van der Waals surface area contributed by atoms with Gasteiger partial charge >= 0.3 is 6.03 Å². The van der Waals surface area contributed by atoms with E-state index in [1.807, 2.05) is 26.0 Å². The predicted molar refractivity (Wildman–Crippen MR) is 94.3 cm³/mol. The van der Waals surface area contributed by atoms with Crippen molar-refractivity contribution in [2.24, 2.45) is 0 Å². The molecule has 0 bridgehead atoms. The number of carbonyl (C=O) groups is 2. The van der Waals surface area contributed by atoms with Gasteiger partial charge in [0.2, 0.25) is 5.89 Å². The van der Waals surface area contributed by atoms with E-state index in [0.717, 1.165) is 16.7 Å². The van der Waals surface area contributed by atoms with Gasteiger partial charge in [0.15, 0.2) is 0 Å². The molecule has 3 amide bonds. The Morgan fingerprint density at radius 2 is 1.84 bits per heavy atom. The van der Waals surface area contributed by atoms with Gasteiger partial charge in [-0.15, -0.1) is 10.2 Å². The van der Waals surface area contributed by atoms with Crippen LogP contribution < -0.4 is 5.32 Å². The standard InChI is InChI=1S/C17H20N4O3S/c1-10-7-11(2)9-12(8-10)13-19-20-16(24-13)25-6-5-21-14(22)17(3,4)18-15(21)23/h7-9H,5-6H2,1-4H3,(H,18,23). The lowest BCUT2D eigenvalue weighted by Gasteiger charge is -2.15. The second kappa shape index (κ2) is 6.51. The Balaban J connectivity index is 1.61. The highest BCUT2D eigenvalue weighted by molar-refractivity contribution is 7.99. The lowest BCUT2D eigenvalue weighted by Crippen LogP contribution is -2.40. The van der Waals surface area contributed by atoms with Gasteiger partial charge in [0.05, 0.1) is 0 Å². The Kier molecular flexibility index (Phi) is 4.55. The van der Waals surface area contributed by atoms with Gasteiger partial charge in [-0.25, -0.2) is 4.79 Å². The van der Waals surface area contributed by atoms with Crippen LogP contribution in [0.3, 0.4) is 0 Å². The molecule has 1 fully saturated rings. The summed E-state index contributed by atoms with van der Waals surface area (Å²) in [6, 6.07) is 5.70. The Hall–Kier alpha value is -2.35. The first kappa shape index (κ1) is 17.5. The van der Waals surface area contributed by atoms with Crippen molar-refractivity contribution in [1.29, 1.82) is 0 Å². The zero-order valence-corrected chi connectivity index (χ0v) is 15.4. The number of rotatable bonds is 5. The number of aromatic nitrogens is 2. The molecule has 8 heteroatoms. The van der Waals surface area contributed by atoms with Crippen molar-refractivity contribution in [3.63, 3.8) is 0 Å². The molecule has 1 aliphatic rings. The number of nitrogens with one attached hydrogen (secondary N) is 1. The van der Waals surface area contributed by atoms with Crippen molar-refractivity contribution >= 4 is 23.7 Å². The molecule has 25 heavy (non-hydrogen) atoms. The number of carbonyl (C=O) groups excluding carboxylic acids is 2. The quantitative estimate of drug-likeness (QED) is 0.651. The molecule has 0 aliphatic carbocycles. The van der Waals surface area contributed by atoms with Crippen LogP contribution in [-0.2, 0) is 4.79 Å². The molecule has 1 aromatic carbocycles. The van der Waals surface area contributed by atoms with E-state index < -0.39 is 5.54 Å². The molecule has 0 spiro atoms. The highest BCUT2D eigenvalue weighted by Crippen LogP contribution is 2.25. The molecule has 1 N–H and O–H groups in total. The lowest BCUT2D eigenvalue weighted by molar-refractivity contribution is -0.130. The smallest absolute Gasteiger partial charge is 0.325 e. The van der Waals surface area contributed by atoms with Gasteiger partial charge in [-0.2, -0.15) is 0 Å². The van der Waals surface area contributed by atoms with E-state index in [1.54, 1.807) is 13.8 Å². The summed E-state index contributed by atoms with van der Waals surface area (Å²) < 4.78 is 5.68. The summed E-state index contributed by atoms with van der Waals surface area (Å²) in [5.74, 6) is 0.731. The minimum Gasteiger partial charge on any atom is -0.411 e. The molecule has 0 radical (unpaired) electrons. The molecule has 132 valence electrons. The van der Waals surface area contributed by atoms with Crippen LogP contribution in [0.4, 0.5) is 4.79 Å². The number of amides is 3. The summed E-state index contributed by atoms with van der Waals surface area (Å²) in [6.07, 6.45) is 0. The maximum atomic E-state index is 12.1. The van der Waals surface area contributed by atoms with Gasteiger partial charge in [-0.3, -0.25) is 9.69 Å². The summed E-state index contributed by atoms with van der Waals surface area (Å²) >= 11 is 1.32. The maximum Gasteiger partial charge on any atom is 0.325 e. The Morgan fingerprint density at radius 1 is 1.16 bits per heavy atom. The lowest BCUT2D eigenvalue weighted by atomic mass is 10.1. The van der Waals surface area contributed by atoms with Crippen molar-refractivity contribution in [3.8, 4) is 11.5 Å². The molecule has 3 rings (SSSR count). The SMILES string of the molecule is Cc1cc(C)cc(-c2nnc(SCCN3C(=O)NC(C)(C)C3=O)o2)c1. The van der Waals surface area contributed by atoms with Crippen LogP contribution in [-0.4, -0.2) is 44.9 Å².